The molecule has 2 heterocycles. The molecule has 0 amide bonds. The highest BCUT2D eigenvalue weighted by atomic mass is 16.5. The molecular formula is C15H20N2O2. The smallest absolute Gasteiger partial charge is 0.128 e. The van der Waals surface area contributed by atoms with Crippen molar-refractivity contribution in [1.82, 2.24) is 4.98 Å². The molecule has 0 radical (unpaired) electrons. The molecule has 0 bridgehead atoms. The van der Waals surface area contributed by atoms with Crippen LogP contribution in [0.25, 0.3) is 0 Å². The third-order valence-corrected chi connectivity index (χ3v) is 3.29. The van der Waals surface area contributed by atoms with Crippen LogP contribution in [0.4, 0.5) is 0 Å². The number of hydrogen-bond acceptors (Lipinski definition) is 4. The average Bonchev–Trinajstić information content (AvgIpc) is 2.80. The van der Waals surface area contributed by atoms with Crippen molar-refractivity contribution < 1.29 is 9.15 Å². The molecule has 2 aromatic rings. The van der Waals surface area contributed by atoms with Crippen molar-refractivity contribution in [3.05, 3.63) is 46.7 Å². The first-order valence-corrected chi connectivity index (χ1v) is 6.34. The van der Waals surface area contributed by atoms with E-state index in [2.05, 4.69) is 4.98 Å². The normalized spacial score (nSPS) is 12.5. The quantitative estimate of drug-likeness (QED) is 0.918. The Balaban J connectivity index is 2.24. The fourth-order valence-electron chi connectivity index (χ4n) is 2.24. The van der Waals surface area contributed by atoms with E-state index in [4.69, 9.17) is 14.9 Å². The Morgan fingerprint density at radius 3 is 2.63 bits per heavy atom. The molecule has 0 aliphatic rings. The molecule has 1 atom stereocenters. The zero-order valence-corrected chi connectivity index (χ0v) is 11.9. The predicted molar refractivity (Wildman–Crippen MR) is 74.3 cm³/mol. The third-order valence-electron chi connectivity index (χ3n) is 3.29. The number of ether oxygens (including phenoxy) is 1. The molecular weight excluding hydrogens is 240 g/mol. The van der Waals surface area contributed by atoms with Crippen LogP contribution in [0.3, 0.4) is 0 Å². The summed E-state index contributed by atoms with van der Waals surface area (Å²) in [5.74, 6) is 2.54. The van der Waals surface area contributed by atoms with Gasteiger partial charge in [-0.2, -0.15) is 0 Å². The molecule has 4 heteroatoms. The number of furan rings is 1. The van der Waals surface area contributed by atoms with Gasteiger partial charge in [0.25, 0.3) is 0 Å². The minimum absolute atomic E-state index is 0.188. The summed E-state index contributed by atoms with van der Waals surface area (Å²) in [5, 5.41) is 0. The monoisotopic (exact) mass is 260 g/mol. The van der Waals surface area contributed by atoms with Crippen molar-refractivity contribution in [2.45, 2.75) is 33.2 Å². The Bertz CT molecular complexity index is 576. The van der Waals surface area contributed by atoms with Gasteiger partial charge in [-0.3, -0.25) is 4.98 Å². The highest BCUT2D eigenvalue weighted by molar-refractivity contribution is 5.41. The lowest BCUT2D eigenvalue weighted by molar-refractivity contribution is 0.405. The van der Waals surface area contributed by atoms with Crippen molar-refractivity contribution in [3.63, 3.8) is 0 Å². The molecule has 2 aromatic heterocycles. The Kier molecular flexibility index (Phi) is 3.90. The molecule has 2 rings (SSSR count). The van der Waals surface area contributed by atoms with Gasteiger partial charge in [-0.25, -0.2) is 0 Å². The van der Waals surface area contributed by atoms with Gasteiger partial charge < -0.3 is 14.9 Å². The number of aromatic nitrogens is 1. The molecule has 0 saturated heterocycles. The molecule has 1 unspecified atom stereocenters. The number of aryl methyl sites for hydroxylation is 2. The van der Waals surface area contributed by atoms with Gasteiger partial charge in [0, 0.05) is 29.4 Å². The van der Waals surface area contributed by atoms with Crippen molar-refractivity contribution in [2.75, 3.05) is 7.11 Å². The number of rotatable bonds is 4. The highest BCUT2D eigenvalue weighted by Gasteiger charge is 2.16. The van der Waals surface area contributed by atoms with E-state index in [0.717, 1.165) is 34.1 Å². The van der Waals surface area contributed by atoms with Gasteiger partial charge in [0.1, 0.15) is 17.3 Å². The van der Waals surface area contributed by atoms with Gasteiger partial charge in [-0.15, -0.1) is 0 Å². The van der Waals surface area contributed by atoms with Gasteiger partial charge in [0.2, 0.25) is 0 Å². The number of pyridine rings is 1. The zero-order chi connectivity index (χ0) is 14.0. The molecule has 0 aliphatic carbocycles. The van der Waals surface area contributed by atoms with Crippen LogP contribution in [-0.2, 0) is 6.42 Å². The van der Waals surface area contributed by atoms with E-state index in [1.54, 1.807) is 7.11 Å². The Labute approximate surface area is 113 Å². The van der Waals surface area contributed by atoms with Crippen LogP contribution in [-0.4, -0.2) is 12.1 Å². The summed E-state index contributed by atoms with van der Waals surface area (Å²) in [6.45, 7) is 5.90. The summed E-state index contributed by atoms with van der Waals surface area (Å²) in [6.07, 6.45) is 2.46. The second-order valence-electron chi connectivity index (χ2n) is 4.81. The second-order valence-corrected chi connectivity index (χ2v) is 4.81. The van der Waals surface area contributed by atoms with Gasteiger partial charge in [0.15, 0.2) is 0 Å². The Morgan fingerprint density at radius 1 is 1.32 bits per heavy atom. The minimum Gasteiger partial charge on any atom is -0.496 e. The van der Waals surface area contributed by atoms with Crippen molar-refractivity contribution in [2.24, 2.45) is 5.73 Å². The first kappa shape index (κ1) is 13.6. The van der Waals surface area contributed by atoms with E-state index in [1.165, 1.54) is 0 Å². The maximum absolute atomic E-state index is 6.16. The summed E-state index contributed by atoms with van der Waals surface area (Å²) in [6, 6.07) is 3.65. The lowest BCUT2D eigenvalue weighted by atomic mass is 10.0. The third kappa shape index (κ3) is 2.79. The standard InChI is InChI=1S/C15H20N2O2/c1-9-8-17-13(11(3)15(9)18-4)7-12(16)14-6-5-10(2)19-14/h5-6,8,12H,7,16H2,1-4H3. The molecule has 4 nitrogen and oxygen atoms in total. The Hall–Kier alpha value is -1.81. The molecule has 0 saturated carbocycles. The SMILES string of the molecule is COc1c(C)cnc(CC(N)c2ccc(C)o2)c1C. The highest BCUT2D eigenvalue weighted by Crippen LogP contribution is 2.27. The summed E-state index contributed by atoms with van der Waals surface area (Å²) in [5.41, 5.74) is 9.19. The van der Waals surface area contributed by atoms with E-state index in [-0.39, 0.29) is 6.04 Å². The van der Waals surface area contributed by atoms with Gasteiger partial charge in [-0.05, 0) is 32.9 Å². The molecule has 19 heavy (non-hydrogen) atoms. The van der Waals surface area contributed by atoms with Crippen molar-refractivity contribution >= 4 is 0 Å². The molecule has 102 valence electrons. The van der Waals surface area contributed by atoms with Crippen LogP contribution in [0.5, 0.6) is 5.75 Å². The maximum Gasteiger partial charge on any atom is 0.128 e. The van der Waals surface area contributed by atoms with Gasteiger partial charge in [-0.1, -0.05) is 0 Å². The number of nitrogens with two attached hydrogens (primary N) is 1. The summed E-state index contributed by atoms with van der Waals surface area (Å²) in [7, 11) is 1.68. The van der Waals surface area contributed by atoms with E-state index >= 15 is 0 Å². The summed E-state index contributed by atoms with van der Waals surface area (Å²) >= 11 is 0. The molecule has 0 spiro atoms. The lowest BCUT2D eigenvalue weighted by Crippen LogP contribution is -2.14. The van der Waals surface area contributed by atoms with Crippen LogP contribution < -0.4 is 10.5 Å². The van der Waals surface area contributed by atoms with Crippen LogP contribution in [0, 0.1) is 20.8 Å². The van der Waals surface area contributed by atoms with Gasteiger partial charge >= 0.3 is 0 Å². The molecule has 0 fully saturated rings. The summed E-state index contributed by atoms with van der Waals surface area (Å²) in [4.78, 5) is 4.46. The Morgan fingerprint density at radius 2 is 2.05 bits per heavy atom. The first-order valence-electron chi connectivity index (χ1n) is 6.34. The predicted octanol–water partition coefficient (Wildman–Crippen LogP) is 2.85. The van der Waals surface area contributed by atoms with Gasteiger partial charge in [0.05, 0.1) is 13.2 Å². The van der Waals surface area contributed by atoms with Crippen LogP contribution >= 0.6 is 0 Å². The topological polar surface area (TPSA) is 61.3 Å². The average molecular weight is 260 g/mol. The fraction of sp³-hybridized carbons (Fsp3) is 0.400. The van der Waals surface area contributed by atoms with Crippen LogP contribution in [0.2, 0.25) is 0 Å². The van der Waals surface area contributed by atoms with E-state index in [1.807, 2.05) is 39.1 Å². The summed E-state index contributed by atoms with van der Waals surface area (Å²) < 4.78 is 11.0. The van der Waals surface area contributed by atoms with Crippen LogP contribution in [0.1, 0.15) is 34.4 Å². The molecule has 0 aromatic carbocycles. The zero-order valence-electron chi connectivity index (χ0n) is 11.9. The maximum atomic E-state index is 6.16. The molecule has 2 N–H and O–H groups in total. The number of methoxy groups -OCH3 is 1. The molecule has 0 aliphatic heterocycles. The number of hydrogen-bond donors (Lipinski definition) is 1. The van der Waals surface area contributed by atoms with Crippen molar-refractivity contribution in [3.8, 4) is 5.75 Å². The fourth-order valence-corrected chi connectivity index (χ4v) is 2.24. The van der Waals surface area contributed by atoms with Crippen molar-refractivity contribution in [1.29, 1.82) is 0 Å². The van der Waals surface area contributed by atoms with E-state index in [9.17, 15) is 0 Å². The number of nitrogens with zero attached hydrogens (tertiary/aromatic N) is 1. The first-order chi connectivity index (χ1) is 9.02. The van der Waals surface area contributed by atoms with E-state index < -0.39 is 0 Å². The second kappa shape index (κ2) is 5.45. The van der Waals surface area contributed by atoms with Crippen LogP contribution in [0.15, 0.2) is 22.7 Å². The van der Waals surface area contributed by atoms with E-state index in [0.29, 0.717) is 6.42 Å². The lowest BCUT2D eigenvalue weighted by Gasteiger charge is -2.14. The largest absolute Gasteiger partial charge is 0.496 e. The minimum atomic E-state index is -0.188.